The van der Waals surface area contributed by atoms with Crippen molar-refractivity contribution in [3.8, 4) is 0 Å². The molecule has 0 saturated carbocycles. The molecule has 0 aliphatic carbocycles. The molecular formula is C19H24O2. The van der Waals surface area contributed by atoms with Gasteiger partial charge in [0.1, 0.15) is 0 Å². The van der Waals surface area contributed by atoms with E-state index in [2.05, 4.69) is 42.5 Å². The number of aliphatic hydroxyl groups excluding tert-OH is 1. The summed E-state index contributed by atoms with van der Waals surface area (Å²) >= 11 is 0. The third-order valence-corrected chi connectivity index (χ3v) is 4.38. The van der Waals surface area contributed by atoms with Gasteiger partial charge in [0.05, 0.1) is 12.2 Å². The monoisotopic (exact) mass is 284 g/mol. The summed E-state index contributed by atoms with van der Waals surface area (Å²) in [5, 5.41) is 12.8. The van der Waals surface area contributed by atoms with Crippen molar-refractivity contribution in [1.29, 1.82) is 0 Å². The van der Waals surface area contributed by atoms with Crippen LogP contribution < -0.4 is 0 Å². The first-order valence-electron chi connectivity index (χ1n) is 8.08. The lowest BCUT2D eigenvalue weighted by atomic mass is 9.98. The van der Waals surface area contributed by atoms with Gasteiger partial charge in [0.15, 0.2) is 0 Å². The molecule has 2 aromatic rings. The Morgan fingerprint density at radius 3 is 2.76 bits per heavy atom. The molecule has 0 radical (unpaired) electrons. The number of rotatable bonds is 5. The minimum atomic E-state index is -0.267. The molecule has 1 saturated heterocycles. The third kappa shape index (κ3) is 4.05. The van der Waals surface area contributed by atoms with Crippen molar-refractivity contribution in [2.75, 3.05) is 6.61 Å². The highest BCUT2D eigenvalue weighted by molar-refractivity contribution is 5.82. The van der Waals surface area contributed by atoms with E-state index in [-0.39, 0.29) is 6.10 Å². The standard InChI is InChI=1S/C19H24O2/c20-18(10-11-19-7-3-4-12-21-19)14-15-8-9-16-5-1-2-6-17(16)13-15/h1-2,5-6,8-9,13,18-20H,3-4,7,10-12,14H2. The highest BCUT2D eigenvalue weighted by Crippen LogP contribution is 2.20. The second kappa shape index (κ2) is 7.06. The van der Waals surface area contributed by atoms with Crippen molar-refractivity contribution in [2.24, 2.45) is 0 Å². The summed E-state index contributed by atoms with van der Waals surface area (Å²) < 4.78 is 5.73. The van der Waals surface area contributed by atoms with Gasteiger partial charge in [-0.1, -0.05) is 42.5 Å². The fourth-order valence-electron chi connectivity index (χ4n) is 3.15. The van der Waals surface area contributed by atoms with Gasteiger partial charge in [0.25, 0.3) is 0 Å². The zero-order chi connectivity index (χ0) is 14.5. The molecule has 2 unspecified atom stereocenters. The van der Waals surface area contributed by atoms with Crippen molar-refractivity contribution < 1.29 is 9.84 Å². The molecule has 3 rings (SSSR count). The van der Waals surface area contributed by atoms with Gasteiger partial charge < -0.3 is 9.84 Å². The topological polar surface area (TPSA) is 29.5 Å². The molecule has 112 valence electrons. The van der Waals surface area contributed by atoms with Crippen molar-refractivity contribution in [3.63, 3.8) is 0 Å². The predicted octanol–water partition coefficient (Wildman–Crippen LogP) is 4.09. The average Bonchev–Trinajstić information content (AvgIpc) is 2.54. The SMILES string of the molecule is OC(CCC1CCCCO1)Cc1ccc2ccccc2c1. The number of fused-ring (bicyclic) bond motifs is 1. The number of ether oxygens (including phenoxy) is 1. The Balaban J connectivity index is 1.54. The Kier molecular flexibility index (Phi) is 4.89. The van der Waals surface area contributed by atoms with E-state index < -0.39 is 0 Å². The van der Waals surface area contributed by atoms with E-state index in [9.17, 15) is 5.11 Å². The normalized spacial score (nSPS) is 20.5. The van der Waals surface area contributed by atoms with E-state index in [0.717, 1.165) is 32.3 Å². The number of aliphatic hydroxyl groups is 1. The van der Waals surface area contributed by atoms with E-state index >= 15 is 0 Å². The molecule has 0 amide bonds. The van der Waals surface area contributed by atoms with E-state index in [1.165, 1.54) is 29.2 Å². The van der Waals surface area contributed by atoms with Crippen molar-refractivity contribution in [2.45, 2.75) is 50.7 Å². The molecule has 1 aliphatic rings. The molecule has 2 heteroatoms. The molecule has 1 heterocycles. The minimum Gasteiger partial charge on any atom is -0.393 e. The zero-order valence-corrected chi connectivity index (χ0v) is 12.5. The van der Waals surface area contributed by atoms with Gasteiger partial charge in [-0.05, 0) is 54.9 Å². The summed E-state index contributed by atoms with van der Waals surface area (Å²) in [4.78, 5) is 0. The third-order valence-electron chi connectivity index (χ3n) is 4.38. The fourth-order valence-corrected chi connectivity index (χ4v) is 3.15. The van der Waals surface area contributed by atoms with Gasteiger partial charge in [-0.25, -0.2) is 0 Å². The molecular weight excluding hydrogens is 260 g/mol. The van der Waals surface area contributed by atoms with Gasteiger partial charge in [0, 0.05) is 6.61 Å². The van der Waals surface area contributed by atoms with Crippen LogP contribution in [0.3, 0.4) is 0 Å². The van der Waals surface area contributed by atoms with Crippen LogP contribution in [0.2, 0.25) is 0 Å². The maximum Gasteiger partial charge on any atom is 0.0581 e. The van der Waals surface area contributed by atoms with Crippen molar-refractivity contribution in [1.82, 2.24) is 0 Å². The molecule has 2 atom stereocenters. The van der Waals surface area contributed by atoms with Crippen LogP contribution in [-0.2, 0) is 11.2 Å². The summed E-state index contributed by atoms with van der Waals surface area (Å²) in [6.07, 6.45) is 6.26. The first-order chi connectivity index (χ1) is 10.3. The highest BCUT2D eigenvalue weighted by atomic mass is 16.5. The van der Waals surface area contributed by atoms with Crippen LogP contribution in [0.4, 0.5) is 0 Å². The summed E-state index contributed by atoms with van der Waals surface area (Å²) in [6, 6.07) is 14.8. The number of hydrogen-bond donors (Lipinski definition) is 1. The molecule has 0 aromatic heterocycles. The summed E-state index contributed by atoms with van der Waals surface area (Å²) in [7, 11) is 0. The lowest BCUT2D eigenvalue weighted by Crippen LogP contribution is -2.21. The fraction of sp³-hybridized carbons (Fsp3) is 0.474. The van der Waals surface area contributed by atoms with Gasteiger partial charge in [-0.3, -0.25) is 0 Å². The summed E-state index contributed by atoms with van der Waals surface area (Å²) in [5.41, 5.74) is 1.21. The molecule has 1 N–H and O–H groups in total. The number of hydrogen-bond acceptors (Lipinski definition) is 2. The van der Waals surface area contributed by atoms with E-state index in [1.54, 1.807) is 0 Å². The Morgan fingerprint density at radius 1 is 1.10 bits per heavy atom. The second-order valence-electron chi connectivity index (χ2n) is 6.11. The number of benzene rings is 2. The quantitative estimate of drug-likeness (QED) is 0.896. The van der Waals surface area contributed by atoms with Crippen molar-refractivity contribution >= 4 is 10.8 Å². The largest absolute Gasteiger partial charge is 0.393 e. The smallest absolute Gasteiger partial charge is 0.0581 e. The highest BCUT2D eigenvalue weighted by Gasteiger charge is 2.15. The Hall–Kier alpha value is -1.38. The van der Waals surface area contributed by atoms with Crippen LogP contribution in [0, 0.1) is 0 Å². The molecule has 21 heavy (non-hydrogen) atoms. The van der Waals surface area contributed by atoms with Crippen LogP contribution >= 0.6 is 0 Å². The molecule has 1 fully saturated rings. The first-order valence-corrected chi connectivity index (χ1v) is 8.08. The Bertz CT molecular complexity index is 573. The van der Waals surface area contributed by atoms with E-state index in [0.29, 0.717) is 6.10 Å². The van der Waals surface area contributed by atoms with Crippen molar-refractivity contribution in [3.05, 3.63) is 48.0 Å². The second-order valence-corrected chi connectivity index (χ2v) is 6.11. The first kappa shape index (κ1) is 14.6. The zero-order valence-electron chi connectivity index (χ0n) is 12.5. The van der Waals surface area contributed by atoms with Gasteiger partial charge in [-0.2, -0.15) is 0 Å². The summed E-state index contributed by atoms with van der Waals surface area (Å²) in [5.74, 6) is 0. The van der Waals surface area contributed by atoms with Gasteiger partial charge >= 0.3 is 0 Å². The van der Waals surface area contributed by atoms with Crippen LogP contribution in [0.1, 0.15) is 37.7 Å². The van der Waals surface area contributed by atoms with Gasteiger partial charge in [-0.15, -0.1) is 0 Å². The predicted molar refractivity (Wildman–Crippen MR) is 86.5 cm³/mol. The lowest BCUT2D eigenvalue weighted by molar-refractivity contribution is 0.00234. The van der Waals surface area contributed by atoms with Crippen LogP contribution in [0.5, 0.6) is 0 Å². The maximum absolute atomic E-state index is 10.2. The Morgan fingerprint density at radius 2 is 1.95 bits per heavy atom. The minimum absolute atomic E-state index is 0.267. The lowest BCUT2D eigenvalue weighted by Gasteiger charge is -2.23. The molecule has 0 spiro atoms. The molecule has 0 bridgehead atoms. The molecule has 2 nitrogen and oxygen atoms in total. The van der Waals surface area contributed by atoms with E-state index in [1.807, 2.05) is 0 Å². The maximum atomic E-state index is 10.2. The molecule has 2 aromatic carbocycles. The average molecular weight is 284 g/mol. The van der Waals surface area contributed by atoms with E-state index in [4.69, 9.17) is 4.74 Å². The van der Waals surface area contributed by atoms with Crippen LogP contribution in [0.15, 0.2) is 42.5 Å². The Labute approximate surface area is 126 Å². The van der Waals surface area contributed by atoms with Gasteiger partial charge in [0.2, 0.25) is 0 Å². The molecule has 1 aliphatic heterocycles. The van der Waals surface area contributed by atoms with Crippen LogP contribution in [0.25, 0.3) is 10.8 Å². The van der Waals surface area contributed by atoms with Crippen LogP contribution in [-0.4, -0.2) is 23.9 Å². The summed E-state index contributed by atoms with van der Waals surface area (Å²) in [6.45, 7) is 0.894.